The van der Waals surface area contributed by atoms with Crippen LogP contribution in [0.25, 0.3) is 0 Å². The number of carbonyl (C=O) groups excluding carboxylic acids is 1. The number of benzene rings is 1. The molecule has 0 saturated heterocycles. The molecule has 0 radical (unpaired) electrons. The maximum Gasteiger partial charge on any atom is 0.240 e. The van der Waals surface area contributed by atoms with Crippen molar-refractivity contribution in [2.45, 2.75) is 12.8 Å². The zero-order valence-electron chi connectivity index (χ0n) is 8.67. The van der Waals surface area contributed by atoms with Gasteiger partial charge in [-0.1, -0.05) is 15.9 Å². The minimum atomic E-state index is -0.0241. The van der Waals surface area contributed by atoms with E-state index in [-0.39, 0.29) is 12.5 Å². The number of aryl methyl sites for hydroxylation is 1. The summed E-state index contributed by atoms with van der Waals surface area (Å²) >= 11 is 6.96. The smallest absolute Gasteiger partial charge is 0.240 e. The van der Waals surface area contributed by atoms with Crippen LogP contribution in [0.4, 0.5) is 5.69 Å². The van der Waals surface area contributed by atoms with E-state index in [9.17, 15) is 4.79 Å². The number of hydrogen-bond donors (Lipinski definition) is 1. The van der Waals surface area contributed by atoms with E-state index in [1.807, 2.05) is 6.07 Å². The molecule has 2 rings (SSSR count). The molecule has 0 spiro atoms. The van der Waals surface area contributed by atoms with Gasteiger partial charge in [-0.25, -0.2) is 0 Å². The molecule has 3 nitrogen and oxygen atoms in total. The summed E-state index contributed by atoms with van der Waals surface area (Å²) in [6, 6.07) is 4.02. The van der Waals surface area contributed by atoms with Crippen LogP contribution in [0.3, 0.4) is 0 Å². The molecule has 5 heteroatoms. The first-order valence-electron chi connectivity index (χ1n) is 5.12. The van der Waals surface area contributed by atoms with E-state index in [1.165, 1.54) is 5.56 Å². The predicted octanol–water partition coefficient (Wildman–Crippen LogP) is 2.45. The number of anilines is 1. The maximum atomic E-state index is 11.7. The second kappa shape index (κ2) is 4.85. The Bertz CT molecular complexity index is 434. The van der Waals surface area contributed by atoms with Crippen LogP contribution in [0.15, 0.2) is 21.1 Å². The Hall–Kier alpha value is -0.390. The number of nitrogens with two attached hydrogens (primary N) is 1. The first-order valence-corrected chi connectivity index (χ1v) is 6.70. The van der Waals surface area contributed by atoms with E-state index in [1.54, 1.807) is 4.90 Å². The Balaban J connectivity index is 2.49. The molecule has 0 aliphatic carbocycles. The Labute approximate surface area is 111 Å². The molecule has 0 atom stereocenters. The van der Waals surface area contributed by atoms with Crippen LogP contribution < -0.4 is 10.6 Å². The van der Waals surface area contributed by atoms with Crippen molar-refractivity contribution in [2.24, 2.45) is 5.73 Å². The second-order valence-electron chi connectivity index (χ2n) is 3.75. The predicted molar refractivity (Wildman–Crippen MR) is 71.6 cm³/mol. The molecular weight excluding hydrogens is 336 g/mol. The molecule has 1 aliphatic rings. The van der Waals surface area contributed by atoms with Crippen LogP contribution in [0.5, 0.6) is 0 Å². The molecule has 1 aliphatic heterocycles. The third-order valence-corrected chi connectivity index (χ3v) is 3.74. The van der Waals surface area contributed by atoms with Crippen molar-refractivity contribution >= 4 is 43.5 Å². The Kier molecular flexibility index (Phi) is 3.66. The molecule has 0 saturated carbocycles. The van der Waals surface area contributed by atoms with E-state index in [0.29, 0.717) is 0 Å². The molecule has 1 aromatic carbocycles. The number of rotatable bonds is 1. The van der Waals surface area contributed by atoms with Gasteiger partial charge in [0.05, 0.1) is 12.2 Å². The fourth-order valence-corrected chi connectivity index (χ4v) is 3.54. The Morgan fingerprint density at radius 1 is 1.44 bits per heavy atom. The van der Waals surface area contributed by atoms with Crippen LogP contribution in [-0.2, 0) is 11.2 Å². The summed E-state index contributed by atoms with van der Waals surface area (Å²) in [6.45, 7) is 0.811. The monoisotopic (exact) mass is 346 g/mol. The third-order valence-electron chi connectivity index (χ3n) is 2.68. The third kappa shape index (κ3) is 2.17. The van der Waals surface area contributed by atoms with Gasteiger partial charge in [-0.15, -0.1) is 0 Å². The lowest BCUT2D eigenvalue weighted by Gasteiger charge is -2.30. The number of fused-ring (bicyclic) bond motifs is 1. The summed E-state index contributed by atoms with van der Waals surface area (Å²) in [7, 11) is 0. The number of amides is 1. The molecule has 0 fully saturated rings. The molecule has 1 amide bonds. The first-order chi connectivity index (χ1) is 7.63. The van der Waals surface area contributed by atoms with Crippen molar-refractivity contribution < 1.29 is 4.79 Å². The van der Waals surface area contributed by atoms with Crippen molar-refractivity contribution in [3.8, 4) is 0 Å². The average molecular weight is 348 g/mol. The zero-order valence-corrected chi connectivity index (χ0v) is 11.8. The first kappa shape index (κ1) is 12.1. The lowest BCUT2D eigenvalue weighted by atomic mass is 10.0. The number of carbonyl (C=O) groups is 1. The average Bonchev–Trinajstić information content (AvgIpc) is 2.26. The van der Waals surface area contributed by atoms with Gasteiger partial charge in [-0.3, -0.25) is 4.79 Å². The summed E-state index contributed by atoms with van der Waals surface area (Å²) in [6.07, 6.45) is 1.99. The highest BCUT2D eigenvalue weighted by molar-refractivity contribution is 9.11. The van der Waals surface area contributed by atoms with E-state index < -0.39 is 0 Å². The molecule has 0 bridgehead atoms. The van der Waals surface area contributed by atoms with Gasteiger partial charge >= 0.3 is 0 Å². The van der Waals surface area contributed by atoms with Gasteiger partial charge < -0.3 is 10.6 Å². The molecular formula is C11H12Br2N2O. The highest BCUT2D eigenvalue weighted by Crippen LogP contribution is 2.37. The van der Waals surface area contributed by atoms with E-state index in [0.717, 1.165) is 34.0 Å². The van der Waals surface area contributed by atoms with Crippen LogP contribution >= 0.6 is 31.9 Å². The van der Waals surface area contributed by atoms with Gasteiger partial charge in [0.25, 0.3) is 0 Å². The zero-order chi connectivity index (χ0) is 11.7. The summed E-state index contributed by atoms with van der Waals surface area (Å²) < 4.78 is 1.97. The fourth-order valence-electron chi connectivity index (χ4n) is 2.01. The van der Waals surface area contributed by atoms with Gasteiger partial charge in [0.15, 0.2) is 0 Å². The van der Waals surface area contributed by atoms with Gasteiger partial charge in [0, 0.05) is 15.5 Å². The van der Waals surface area contributed by atoms with E-state index in [4.69, 9.17) is 5.73 Å². The van der Waals surface area contributed by atoms with Crippen molar-refractivity contribution in [1.82, 2.24) is 0 Å². The van der Waals surface area contributed by atoms with Crippen molar-refractivity contribution in [3.05, 3.63) is 26.6 Å². The lowest BCUT2D eigenvalue weighted by molar-refractivity contribution is -0.117. The van der Waals surface area contributed by atoms with E-state index >= 15 is 0 Å². The van der Waals surface area contributed by atoms with Crippen molar-refractivity contribution in [3.63, 3.8) is 0 Å². The number of halogens is 2. The number of hydrogen-bond acceptors (Lipinski definition) is 2. The van der Waals surface area contributed by atoms with Gasteiger partial charge in [0.2, 0.25) is 5.91 Å². The lowest BCUT2D eigenvalue weighted by Crippen LogP contribution is -2.39. The van der Waals surface area contributed by atoms with Crippen LogP contribution in [-0.4, -0.2) is 19.0 Å². The van der Waals surface area contributed by atoms with Crippen LogP contribution in [0, 0.1) is 0 Å². The Morgan fingerprint density at radius 2 is 2.19 bits per heavy atom. The summed E-state index contributed by atoms with van der Waals surface area (Å²) in [5, 5.41) is 0. The standard InChI is InChI=1S/C11H12Br2N2O/c12-8-4-7-2-1-3-15(10(16)6-14)11(7)9(13)5-8/h4-5H,1-3,6,14H2. The fraction of sp³-hybridized carbons (Fsp3) is 0.364. The van der Waals surface area contributed by atoms with Crippen LogP contribution in [0.1, 0.15) is 12.0 Å². The molecule has 2 N–H and O–H groups in total. The minimum Gasteiger partial charge on any atom is -0.322 e. The summed E-state index contributed by atoms with van der Waals surface area (Å²) in [5.74, 6) is -0.0241. The van der Waals surface area contributed by atoms with Crippen molar-refractivity contribution in [1.29, 1.82) is 0 Å². The summed E-state index contributed by atoms with van der Waals surface area (Å²) in [4.78, 5) is 13.5. The highest BCUT2D eigenvalue weighted by atomic mass is 79.9. The van der Waals surface area contributed by atoms with Crippen LogP contribution in [0.2, 0.25) is 0 Å². The van der Waals surface area contributed by atoms with Crippen molar-refractivity contribution in [2.75, 3.05) is 18.0 Å². The molecule has 0 aromatic heterocycles. The number of nitrogens with zero attached hydrogens (tertiary/aromatic N) is 1. The topological polar surface area (TPSA) is 46.3 Å². The SMILES string of the molecule is NCC(=O)N1CCCc2cc(Br)cc(Br)c21. The molecule has 1 heterocycles. The normalized spacial score (nSPS) is 14.8. The van der Waals surface area contributed by atoms with Gasteiger partial charge in [0.1, 0.15) is 0 Å². The second-order valence-corrected chi connectivity index (χ2v) is 5.52. The maximum absolute atomic E-state index is 11.7. The largest absolute Gasteiger partial charge is 0.322 e. The minimum absolute atomic E-state index is 0.0241. The quantitative estimate of drug-likeness (QED) is 0.848. The Morgan fingerprint density at radius 3 is 2.88 bits per heavy atom. The van der Waals surface area contributed by atoms with E-state index in [2.05, 4.69) is 37.9 Å². The summed E-state index contributed by atoms with van der Waals surface area (Å²) in [5.41, 5.74) is 7.59. The molecule has 1 aromatic rings. The highest BCUT2D eigenvalue weighted by Gasteiger charge is 2.24. The molecule has 0 unspecified atom stereocenters. The van der Waals surface area contributed by atoms with Gasteiger partial charge in [-0.05, 0) is 46.5 Å². The van der Waals surface area contributed by atoms with Gasteiger partial charge in [-0.2, -0.15) is 0 Å². The molecule has 86 valence electrons. The molecule has 16 heavy (non-hydrogen) atoms.